The van der Waals surface area contributed by atoms with Gasteiger partial charge in [-0.15, -0.1) is 40.3 Å². The summed E-state index contributed by atoms with van der Waals surface area (Å²) in [5, 5.41) is 2.29. The van der Waals surface area contributed by atoms with Crippen LogP contribution in [0.4, 0.5) is 17.1 Å². The number of hydrogen-bond donors (Lipinski definition) is 0. The first-order chi connectivity index (χ1) is 27.9. The Morgan fingerprint density at radius 2 is 1.57 bits per heavy atom. The second-order valence-corrected chi connectivity index (χ2v) is 18.2. The van der Waals surface area contributed by atoms with Gasteiger partial charge in [-0.25, -0.2) is 4.98 Å². The fourth-order valence-corrected chi connectivity index (χ4v) is 9.61. The second-order valence-electron chi connectivity index (χ2n) is 18.2. The first-order valence-electron chi connectivity index (χ1n) is 21.2. The number of rotatable bonds is 3. The van der Waals surface area contributed by atoms with Crippen LogP contribution >= 0.6 is 0 Å². The largest absolute Gasteiger partial charge is 2.00 e. The molecule has 0 saturated carbocycles. The van der Waals surface area contributed by atoms with E-state index in [4.69, 9.17) is 14.7 Å². The molecule has 2 aliphatic heterocycles. The van der Waals surface area contributed by atoms with Crippen LogP contribution in [0.1, 0.15) is 99.9 Å². The quantitative estimate of drug-likeness (QED) is 0.166. The first-order valence-corrected chi connectivity index (χ1v) is 20.2. The van der Waals surface area contributed by atoms with Crippen molar-refractivity contribution in [2.45, 2.75) is 105 Å². The molecule has 2 aromatic heterocycles. The number of benzene rings is 5. The molecule has 4 heterocycles. The van der Waals surface area contributed by atoms with E-state index in [9.17, 15) is 2.74 Å². The maximum Gasteiger partial charge on any atom is 2.00 e. The summed E-state index contributed by atoms with van der Waals surface area (Å²) >= 11 is 0. The third-order valence-electron chi connectivity index (χ3n) is 12.7. The predicted octanol–water partition coefficient (Wildman–Crippen LogP) is 12.1. The molecule has 2 atom stereocenters. The molecule has 5 nitrogen and oxygen atoms in total. The molecule has 0 amide bonds. The Labute approximate surface area is 360 Å². The van der Waals surface area contributed by atoms with Crippen LogP contribution in [-0.4, -0.2) is 27.1 Å². The number of para-hydroxylation sites is 2. The maximum atomic E-state index is 9.55. The molecular formula is C52H50N4OPt. The Kier molecular flexibility index (Phi) is 8.26. The number of aryl methyl sites for hydroxylation is 4. The number of aliphatic imine (C=N–C) groups is 1. The average molecular weight is 944 g/mol. The molecule has 5 aromatic carbocycles. The van der Waals surface area contributed by atoms with Crippen molar-refractivity contribution in [1.29, 1.82) is 0 Å². The first kappa shape index (κ1) is 36.1. The molecule has 58 heavy (non-hydrogen) atoms. The van der Waals surface area contributed by atoms with Crippen molar-refractivity contribution in [2.75, 3.05) is 4.90 Å². The molecule has 0 unspecified atom stereocenters. The topological polar surface area (TPSA) is 42.6 Å². The van der Waals surface area contributed by atoms with Gasteiger partial charge in [0.05, 0.1) is 5.54 Å². The number of aromatic nitrogens is 2. The summed E-state index contributed by atoms with van der Waals surface area (Å²) in [6.45, 7) is 21.6. The van der Waals surface area contributed by atoms with Crippen LogP contribution in [0, 0.1) is 39.8 Å². The van der Waals surface area contributed by atoms with Crippen molar-refractivity contribution < 1.29 is 28.5 Å². The number of pyridine rings is 1. The third-order valence-corrected chi connectivity index (χ3v) is 12.7. The monoisotopic (exact) mass is 943 g/mol. The van der Waals surface area contributed by atoms with E-state index in [1.54, 1.807) is 0 Å². The zero-order valence-electron chi connectivity index (χ0n) is 37.0. The smallest absolute Gasteiger partial charge is 0.514 e. The maximum absolute atomic E-state index is 9.55. The Hall–Kier alpha value is -4.99. The predicted molar refractivity (Wildman–Crippen MR) is 234 cm³/mol. The van der Waals surface area contributed by atoms with Crippen molar-refractivity contribution in [3.8, 4) is 5.82 Å². The van der Waals surface area contributed by atoms with E-state index in [0.29, 0.717) is 12.3 Å². The Bertz CT molecular complexity index is 2970. The summed E-state index contributed by atoms with van der Waals surface area (Å²) in [5.41, 5.74) is 13.7. The van der Waals surface area contributed by atoms with Crippen LogP contribution in [0.2, 0.25) is 0 Å². The summed E-state index contributed by atoms with van der Waals surface area (Å²) in [5.74, 6) is 1.30. The van der Waals surface area contributed by atoms with E-state index in [-0.39, 0.29) is 31.9 Å². The van der Waals surface area contributed by atoms with E-state index >= 15 is 0 Å². The summed E-state index contributed by atoms with van der Waals surface area (Å²) in [7, 11) is 0. The number of hydrogen-bond acceptors (Lipinski definition) is 4. The number of nitrogens with zero attached hydrogens (tertiary/aromatic N) is 4. The molecule has 0 radical (unpaired) electrons. The molecule has 0 saturated heterocycles. The average Bonchev–Trinajstić information content (AvgIpc) is 3.70. The van der Waals surface area contributed by atoms with Gasteiger partial charge in [0.25, 0.3) is 0 Å². The molecule has 0 N–H and O–H groups in total. The summed E-state index contributed by atoms with van der Waals surface area (Å²) in [6.07, 6.45) is 0.326. The number of fused-ring (bicyclic) bond motifs is 7. The van der Waals surface area contributed by atoms with Crippen molar-refractivity contribution >= 4 is 44.8 Å². The van der Waals surface area contributed by atoms with Crippen LogP contribution in [0.5, 0.6) is 0 Å². The van der Waals surface area contributed by atoms with Gasteiger partial charge in [0.1, 0.15) is 17.8 Å². The molecular weight excluding hydrogens is 892 g/mol. The number of anilines is 3. The van der Waals surface area contributed by atoms with Crippen LogP contribution in [-0.2, 0) is 49.4 Å². The summed E-state index contributed by atoms with van der Waals surface area (Å²) in [4.78, 5) is 12.5. The van der Waals surface area contributed by atoms with Gasteiger partial charge in [-0.1, -0.05) is 119 Å². The Balaban J connectivity index is 0.00000462. The van der Waals surface area contributed by atoms with Crippen LogP contribution in [0.25, 0.3) is 27.6 Å². The molecule has 294 valence electrons. The van der Waals surface area contributed by atoms with Crippen molar-refractivity contribution in [2.24, 2.45) is 4.99 Å². The van der Waals surface area contributed by atoms with Gasteiger partial charge in [-0.2, -0.15) is 6.07 Å². The Morgan fingerprint density at radius 3 is 2.36 bits per heavy atom. The molecule has 0 bridgehead atoms. The minimum Gasteiger partial charge on any atom is -0.514 e. The van der Waals surface area contributed by atoms with Crippen LogP contribution in [0.15, 0.2) is 96.1 Å². The minimum atomic E-state index is -1.73. The molecule has 10 rings (SSSR count). The standard InChI is InChI=1S/C52H50N4O.Pt/c1-30-21-31(2)37-27-47-52(10,29-34(37)22-30)54-49(57-47)38-26-44(33(4)23-32(38)3)55-43-18-14-12-16-40(43)51(8,9)41-25-39-36-15-11-13-17-42(36)56(45(39)28-46(41)55)48-24-35(19-20-53-48)50(5,6)7;/h11-25,47H,27,29H2,1-10H3;/q-2;+2/t47-,52-;/m0./s1/i29D2;. The molecule has 7 aromatic rings. The van der Waals surface area contributed by atoms with Gasteiger partial charge >= 0.3 is 21.1 Å². The van der Waals surface area contributed by atoms with Gasteiger partial charge in [0.15, 0.2) is 0 Å². The van der Waals surface area contributed by atoms with E-state index in [0.717, 1.165) is 83.6 Å². The Morgan fingerprint density at radius 1 is 0.810 bits per heavy atom. The van der Waals surface area contributed by atoms with Crippen molar-refractivity contribution in [3.63, 3.8) is 0 Å². The van der Waals surface area contributed by atoms with Crippen molar-refractivity contribution in [1.82, 2.24) is 9.55 Å². The van der Waals surface area contributed by atoms with Gasteiger partial charge in [-0.3, -0.25) is 4.99 Å². The van der Waals surface area contributed by atoms with Gasteiger partial charge < -0.3 is 14.2 Å². The van der Waals surface area contributed by atoms with Gasteiger partial charge in [0.2, 0.25) is 0 Å². The van der Waals surface area contributed by atoms with Gasteiger partial charge in [-0.05, 0) is 94.8 Å². The zero-order valence-corrected chi connectivity index (χ0v) is 37.2. The summed E-state index contributed by atoms with van der Waals surface area (Å²) < 4.78 is 28.2. The molecule has 0 fully saturated rings. The normalized spacial score (nSPS) is 20.6. The van der Waals surface area contributed by atoms with Gasteiger partial charge in [0, 0.05) is 32.9 Å². The summed E-state index contributed by atoms with van der Waals surface area (Å²) in [6, 6.07) is 38.2. The molecule has 6 heteroatoms. The van der Waals surface area contributed by atoms with Crippen LogP contribution < -0.4 is 4.90 Å². The molecule has 3 aliphatic rings. The third kappa shape index (κ3) is 5.75. The second kappa shape index (κ2) is 13.3. The minimum absolute atomic E-state index is 0. The molecule has 0 spiro atoms. The zero-order chi connectivity index (χ0) is 41.6. The SMILES string of the molecule is [2H]C1([2H])c2cc(C)cc(C)c2C[C@@H]2OC(c3[c-]c(N4c5[c-]c6c(cc5C(C)(C)c5ccccc54)c4ccccc4n6-c4cc(C(C)(C)C)ccn4)c(C)cc3C)=N[C@]21C.[Pt+2]. The van der Waals surface area contributed by atoms with Crippen molar-refractivity contribution in [3.05, 3.63) is 159 Å². The van der Waals surface area contributed by atoms with E-state index < -0.39 is 18.0 Å². The molecule has 1 aliphatic carbocycles. The fourth-order valence-electron chi connectivity index (χ4n) is 9.61. The van der Waals surface area contributed by atoms with E-state index in [1.165, 1.54) is 16.7 Å². The van der Waals surface area contributed by atoms with Crippen LogP contribution in [0.3, 0.4) is 0 Å². The van der Waals surface area contributed by atoms with E-state index in [1.807, 2.05) is 26.1 Å². The number of ether oxygens (including phenoxy) is 1. The van der Waals surface area contributed by atoms with E-state index in [2.05, 4.69) is 156 Å². The fraction of sp³-hybridized carbons (Fsp3) is 0.308.